The van der Waals surface area contributed by atoms with E-state index in [0.717, 1.165) is 0 Å². The summed E-state index contributed by atoms with van der Waals surface area (Å²) in [4.78, 5) is 15.6. The summed E-state index contributed by atoms with van der Waals surface area (Å²) < 4.78 is 0. The van der Waals surface area contributed by atoms with Gasteiger partial charge in [-0.15, -0.1) is 34.5 Å². The van der Waals surface area contributed by atoms with Gasteiger partial charge >= 0.3 is 0 Å². The molecule has 0 aliphatic rings. The molecule has 1 aromatic rings. The van der Waals surface area contributed by atoms with Crippen molar-refractivity contribution in [1.29, 1.82) is 0 Å². The summed E-state index contributed by atoms with van der Waals surface area (Å²) in [6.45, 7) is 1.94. The third-order valence-corrected chi connectivity index (χ3v) is 3.84. The Kier molecular flexibility index (Phi) is 4.83. The number of carbonyl (C=O) groups excluding carboxylic acids is 1. The molecule has 0 saturated carbocycles. The van der Waals surface area contributed by atoms with Crippen LogP contribution in [-0.2, 0) is 0 Å². The third kappa shape index (κ3) is 3.06. The first-order valence-electron chi connectivity index (χ1n) is 4.50. The fourth-order valence-corrected chi connectivity index (χ4v) is 2.34. The molecule has 0 bridgehead atoms. The van der Waals surface area contributed by atoms with Gasteiger partial charge in [0.25, 0.3) is 5.91 Å². The van der Waals surface area contributed by atoms with Crippen molar-refractivity contribution in [2.24, 2.45) is 0 Å². The van der Waals surface area contributed by atoms with E-state index >= 15 is 0 Å². The van der Waals surface area contributed by atoms with Crippen LogP contribution >= 0.6 is 34.5 Å². The molecule has 0 aromatic carbocycles. The number of nitrogens with one attached hydrogen (secondary N) is 1. The smallest absolute Gasteiger partial charge is 0.271 e. The molecule has 0 atom stereocenters. The summed E-state index contributed by atoms with van der Waals surface area (Å²) in [7, 11) is 0. The van der Waals surface area contributed by atoms with Crippen LogP contribution in [0.1, 0.15) is 23.8 Å². The second-order valence-electron chi connectivity index (χ2n) is 3.23. The molecular formula is C9H12Cl2N2OS. The minimum atomic E-state index is -0.538. The Hall–Kier alpha value is -0.320. The van der Waals surface area contributed by atoms with Gasteiger partial charge in [-0.05, 0) is 6.42 Å². The van der Waals surface area contributed by atoms with Gasteiger partial charge in [0.05, 0.1) is 11.0 Å². The molecule has 1 amide bonds. The van der Waals surface area contributed by atoms with Crippen molar-refractivity contribution in [3.8, 4) is 0 Å². The van der Waals surface area contributed by atoms with Gasteiger partial charge in [0, 0.05) is 17.1 Å². The summed E-state index contributed by atoms with van der Waals surface area (Å²) in [5.41, 5.74) is 1.49. The molecule has 3 nitrogen and oxygen atoms in total. The van der Waals surface area contributed by atoms with E-state index in [1.807, 2.05) is 6.92 Å². The molecule has 1 heterocycles. The van der Waals surface area contributed by atoms with Crippen LogP contribution in [0.5, 0.6) is 0 Å². The predicted molar refractivity (Wildman–Crippen MR) is 64.0 cm³/mol. The highest BCUT2D eigenvalue weighted by molar-refractivity contribution is 7.07. The standard InChI is InChI=1S/C9H12Cl2N2OS/c1-2-9(4-10,5-11)13-8(14)7-3-15-6-12-7/h3,6H,2,4-5H2,1H3,(H,13,14). The van der Waals surface area contributed by atoms with Crippen LogP contribution in [0.25, 0.3) is 0 Å². The molecule has 0 aliphatic heterocycles. The van der Waals surface area contributed by atoms with Crippen molar-refractivity contribution in [3.05, 3.63) is 16.6 Å². The number of alkyl halides is 2. The zero-order valence-electron chi connectivity index (χ0n) is 8.30. The molecule has 1 rings (SSSR count). The summed E-state index contributed by atoms with van der Waals surface area (Å²) in [5, 5.41) is 4.52. The first-order valence-corrected chi connectivity index (χ1v) is 6.51. The van der Waals surface area contributed by atoms with Crippen molar-refractivity contribution in [1.82, 2.24) is 10.3 Å². The first-order chi connectivity index (χ1) is 7.17. The Morgan fingerprint density at radius 3 is 2.67 bits per heavy atom. The summed E-state index contributed by atoms with van der Waals surface area (Å²) in [6.07, 6.45) is 0.690. The Morgan fingerprint density at radius 1 is 1.60 bits per heavy atom. The molecule has 0 fully saturated rings. The zero-order chi connectivity index (χ0) is 11.3. The fourth-order valence-electron chi connectivity index (χ4n) is 1.01. The highest BCUT2D eigenvalue weighted by Crippen LogP contribution is 2.15. The fraction of sp³-hybridized carbons (Fsp3) is 0.556. The van der Waals surface area contributed by atoms with Crippen LogP contribution in [0, 0.1) is 0 Å². The molecular weight excluding hydrogens is 255 g/mol. The average Bonchev–Trinajstić information content (AvgIpc) is 2.79. The Morgan fingerprint density at radius 2 is 2.27 bits per heavy atom. The quantitative estimate of drug-likeness (QED) is 0.833. The van der Waals surface area contributed by atoms with E-state index in [-0.39, 0.29) is 5.91 Å². The van der Waals surface area contributed by atoms with Gasteiger partial charge in [-0.1, -0.05) is 6.92 Å². The molecule has 0 spiro atoms. The molecule has 0 aliphatic carbocycles. The van der Waals surface area contributed by atoms with Crippen molar-refractivity contribution in [2.45, 2.75) is 18.9 Å². The van der Waals surface area contributed by atoms with Crippen molar-refractivity contribution in [2.75, 3.05) is 11.8 Å². The number of halogens is 2. The largest absolute Gasteiger partial charge is 0.343 e. The summed E-state index contributed by atoms with van der Waals surface area (Å²) >= 11 is 13.0. The second kappa shape index (κ2) is 5.68. The third-order valence-electron chi connectivity index (χ3n) is 2.23. The van der Waals surface area contributed by atoms with Crippen molar-refractivity contribution in [3.63, 3.8) is 0 Å². The van der Waals surface area contributed by atoms with Gasteiger partial charge < -0.3 is 5.32 Å². The number of hydrogen-bond donors (Lipinski definition) is 1. The monoisotopic (exact) mass is 266 g/mol. The molecule has 0 unspecified atom stereocenters. The minimum absolute atomic E-state index is 0.223. The SMILES string of the molecule is CCC(CCl)(CCl)NC(=O)c1cscn1. The molecule has 6 heteroatoms. The van der Waals surface area contributed by atoms with Crippen LogP contribution in [0.2, 0.25) is 0 Å². The lowest BCUT2D eigenvalue weighted by atomic mass is 10.0. The topological polar surface area (TPSA) is 42.0 Å². The Labute approximate surface area is 103 Å². The first kappa shape index (κ1) is 12.7. The Bertz CT molecular complexity index is 304. The number of carbonyl (C=O) groups is 1. The highest BCUT2D eigenvalue weighted by Gasteiger charge is 2.29. The van der Waals surface area contributed by atoms with Crippen molar-refractivity contribution >= 4 is 40.4 Å². The lowest BCUT2D eigenvalue weighted by Gasteiger charge is -2.29. The normalized spacial score (nSPS) is 11.4. The molecule has 1 N–H and O–H groups in total. The molecule has 0 radical (unpaired) electrons. The maximum Gasteiger partial charge on any atom is 0.271 e. The molecule has 0 saturated heterocycles. The van der Waals surface area contributed by atoms with E-state index < -0.39 is 5.54 Å². The summed E-state index contributed by atoms with van der Waals surface area (Å²) in [6, 6.07) is 0. The number of aromatic nitrogens is 1. The van der Waals surface area contributed by atoms with Crippen LogP contribution < -0.4 is 5.32 Å². The van der Waals surface area contributed by atoms with Crippen LogP contribution in [-0.4, -0.2) is 28.2 Å². The zero-order valence-corrected chi connectivity index (χ0v) is 10.6. The maximum absolute atomic E-state index is 11.7. The van der Waals surface area contributed by atoms with E-state index in [1.54, 1.807) is 10.9 Å². The van der Waals surface area contributed by atoms with Crippen LogP contribution in [0.15, 0.2) is 10.9 Å². The van der Waals surface area contributed by atoms with E-state index in [1.165, 1.54) is 11.3 Å². The predicted octanol–water partition coefficient (Wildman–Crippen LogP) is 2.50. The number of thiazole rings is 1. The number of nitrogens with zero attached hydrogens (tertiary/aromatic N) is 1. The second-order valence-corrected chi connectivity index (χ2v) is 4.48. The van der Waals surface area contributed by atoms with Gasteiger partial charge in [0.1, 0.15) is 5.69 Å². The average molecular weight is 267 g/mol. The lowest BCUT2D eigenvalue weighted by molar-refractivity contribution is 0.0909. The molecule has 84 valence electrons. The van der Waals surface area contributed by atoms with E-state index in [0.29, 0.717) is 23.9 Å². The molecule has 1 aromatic heterocycles. The number of rotatable bonds is 5. The van der Waals surface area contributed by atoms with Gasteiger partial charge in [-0.2, -0.15) is 0 Å². The Balaban J connectivity index is 2.71. The van der Waals surface area contributed by atoms with Crippen LogP contribution in [0.3, 0.4) is 0 Å². The van der Waals surface area contributed by atoms with E-state index in [2.05, 4.69) is 10.3 Å². The van der Waals surface area contributed by atoms with Gasteiger partial charge in [0.15, 0.2) is 0 Å². The molecule has 15 heavy (non-hydrogen) atoms. The van der Waals surface area contributed by atoms with Gasteiger partial charge in [-0.3, -0.25) is 4.79 Å². The lowest BCUT2D eigenvalue weighted by Crippen LogP contribution is -2.51. The van der Waals surface area contributed by atoms with Gasteiger partial charge in [0.2, 0.25) is 0 Å². The van der Waals surface area contributed by atoms with Crippen LogP contribution in [0.4, 0.5) is 0 Å². The minimum Gasteiger partial charge on any atom is -0.343 e. The number of amides is 1. The van der Waals surface area contributed by atoms with Gasteiger partial charge in [-0.25, -0.2) is 4.98 Å². The van der Waals surface area contributed by atoms with Crippen molar-refractivity contribution < 1.29 is 4.79 Å². The maximum atomic E-state index is 11.7. The number of hydrogen-bond acceptors (Lipinski definition) is 3. The van der Waals surface area contributed by atoms with E-state index in [4.69, 9.17) is 23.2 Å². The summed E-state index contributed by atoms with van der Waals surface area (Å²) in [5.74, 6) is 0.366. The van der Waals surface area contributed by atoms with E-state index in [9.17, 15) is 4.79 Å². The highest BCUT2D eigenvalue weighted by atomic mass is 35.5.